The van der Waals surface area contributed by atoms with Gasteiger partial charge >= 0.3 is 0 Å². The van der Waals surface area contributed by atoms with Gasteiger partial charge in [0.1, 0.15) is 17.8 Å². The highest BCUT2D eigenvalue weighted by atomic mass is 16.5. The Morgan fingerprint density at radius 1 is 1.15 bits per heavy atom. The van der Waals surface area contributed by atoms with E-state index in [0.29, 0.717) is 30.1 Å². The van der Waals surface area contributed by atoms with Crippen LogP contribution in [0.4, 0.5) is 5.69 Å². The number of nitrogens with one attached hydrogen (secondary N) is 1. The van der Waals surface area contributed by atoms with Crippen molar-refractivity contribution in [3.63, 3.8) is 0 Å². The molecule has 0 aliphatic carbocycles. The molecule has 0 aliphatic heterocycles. The van der Waals surface area contributed by atoms with E-state index in [-0.39, 0.29) is 18.4 Å². The average molecular weight is 462 g/mol. The van der Waals surface area contributed by atoms with E-state index in [1.807, 2.05) is 56.3 Å². The fraction of sp³-hybridized carbons (Fsp3) is 0.280. The van der Waals surface area contributed by atoms with Crippen molar-refractivity contribution in [1.82, 2.24) is 20.3 Å². The van der Waals surface area contributed by atoms with E-state index < -0.39 is 6.04 Å². The number of methoxy groups -OCH3 is 1. The van der Waals surface area contributed by atoms with Crippen molar-refractivity contribution in [2.24, 2.45) is 0 Å². The number of ether oxygens (including phenoxy) is 1. The third kappa shape index (κ3) is 4.84. The molecular formula is C25H27N5O4. The van der Waals surface area contributed by atoms with Crippen LogP contribution in [0.15, 0.2) is 65.3 Å². The van der Waals surface area contributed by atoms with Gasteiger partial charge in [-0.15, -0.1) is 5.10 Å². The average Bonchev–Trinajstić information content (AvgIpc) is 3.49. The Balaban J connectivity index is 1.77. The number of carbonyl (C=O) groups is 2. The summed E-state index contributed by atoms with van der Waals surface area (Å²) in [6, 6.07) is 15.5. The summed E-state index contributed by atoms with van der Waals surface area (Å²) in [6.45, 7) is 4.44. The number of benzene rings is 2. The molecular weight excluding hydrogens is 434 g/mol. The minimum Gasteiger partial charge on any atom is -0.467 e. The second kappa shape index (κ2) is 10.3. The summed E-state index contributed by atoms with van der Waals surface area (Å²) in [5, 5.41) is 11.1. The van der Waals surface area contributed by atoms with E-state index in [1.54, 1.807) is 19.2 Å². The number of carbonyl (C=O) groups excluding carboxylic acids is 2. The molecule has 9 nitrogen and oxygen atoms in total. The Morgan fingerprint density at radius 3 is 2.71 bits per heavy atom. The predicted molar refractivity (Wildman–Crippen MR) is 127 cm³/mol. The van der Waals surface area contributed by atoms with Crippen molar-refractivity contribution >= 4 is 28.5 Å². The van der Waals surface area contributed by atoms with E-state index in [0.717, 1.165) is 16.6 Å². The standard InChI is InChI=1S/C25H27N5O4/c1-17-10-11-20(18(2)15-17)30(23(31)16-29-21-8-5-4-7-19(21)27-28-29)24(22-9-6-13-34-22)25(32)26-12-14-33-3/h4-11,13,15,24H,12,14,16H2,1-3H3,(H,26,32)/t24-/m1/s1. The molecule has 4 rings (SSSR count). The van der Waals surface area contributed by atoms with Gasteiger partial charge in [-0.1, -0.05) is 35.0 Å². The second-order valence-electron chi connectivity index (χ2n) is 7.99. The van der Waals surface area contributed by atoms with Crippen LogP contribution in [-0.2, 0) is 20.9 Å². The molecule has 1 N–H and O–H groups in total. The van der Waals surface area contributed by atoms with Crippen LogP contribution in [0, 0.1) is 13.8 Å². The maximum absolute atomic E-state index is 13.9. The largest absolute Gasteiger partial charge is 0.467 e. The normalized spacial score (nSPS) is 12.0. The molecule has 0 unspecified atom stereocenters. The highest BCUT2D eigenvalue weighted by Crippen LogP contribution is 2.32. The summed E-state index contributed by atoms with van der Waals surface area (Å²) in [6.07, 6.45) is 1.49. The molecule has 0 fully saturated rings. The molecule has 2 aromatic carbocycles. The zero-order valence-corrected chi connectivity index (χ0v) is 19.4. The van der Waals surface area contributed by atoms with Gasteiger partial charge < -0.3 is 14.5 Å². The lowest BCUT2D eigenvalue weighted by Gasteiger charge is -2.31. The molecule has 4 aromatic rings. The third-order valence-electron chi connectivity index (χ3n) is 5.51. The van der Waals surface area contributed by atoms with Gasteiger partial charge in [0.25, 0.3) is 5.91 Å². The van der Waals surface area contributed by atoms with Gasteiger partial charge in [0.15, 0.2) is 6.04 Å². The molecule has 0 saturated carbocycles. The van der Waals surface area contributed by atoms with Gasteiger partial charge in [-0.05, 0) is 49.7 Å². The Bertz CT molecular complexity index is 1280. The summed E-state index contributed by atoms with van der Waals surface area (Å²) in [5.74, 6) is -0.346. The molecule has 0 bridgehead atoms. The molecule has 9 heteroatoms. The van der Waals surface area contributed by atoms with Gasteiger partial charge in [0.05, 0.1) is 18.4 Å². The minimum absolute atomic E-state index is 0.101. The van der Waals surface area contributed by atoms with Crippen LogP contribution in [0.25, 0.3) is 11.0 Å². The fourth-order valence-corrected chi connectivity index (χ4v) is 3.93. The van der Waals surface area contributed by atoms with Crippen molar-refractivity contribution < 1.29 is 18.7 Å². The smallest absolute Gasteiger partial charge is 0.251 e. The number of anilines is 1. The van der Waals surface area contributed by atoms with Gasteiger partial charge in [-0.3, -0.25) is 14.5 Å². The summed E-state index contributed by atoms with van der Waals surface area (Å²) < 4.78 is 12.2. The van der Waals surface area contributed by atoms with Crippen LogP contribution >= 0.6 is 0 Å². The Kier molecular flexibility index (Phi) is 7.03. The second-order valence-corrected chi connectivity index (χ2v) is 7.99. The number of furan rings is 1. The Labute approximate surface area is 197 Å². The molecule has 176 valence electrons. The van der Waals surface area contributed by atoms with Crippen LogP contribution in [-0.4, -0.2) is 47.1 Å². The molecule has 0 spiro atoms. The van der Waals surface area contributed by atoms with Crippen LogP contribution in [0.2, 0.25) is 0 Å². The van der Waals surface area contributed by atoms with Crippen molar-refractivity contribution in [2.75, 3.05) is 25.2 Å². The SMILES string of the molecule is COCCNC(=O)[C@@H](c1ccco1)N(C(=O)Cn1nnc2ccccc21)c1ccc(C)cc1C. The zero-order valence-electron chi connectivity index (χ0n) is 19.4. The number of aryl methyl sites for hydroxylation is 2. The first-order chi connectivity index (χ1) is 16.5. The number of hydrogen-bond acceptors (Lipinski definition) is 6. The van der Waals surface area contributed by atoms with Crippen molar-refractivity contribution in [3.05, 3.63) is 77.7 Å². The first-order valence-corrected chi connectivity index (χ1v) is 11.0. The maximum Gasteiger partial charge on any atom is 0.251 e. The summed E-state index contributed by atoms with van der Waals surface area (Å²) in [5.41, 5.74) is 3.94. The highest BCUT2D eigenvalue weighted by molar-refractivity contribution is 6.01. The number of nitrogens with zero attached hydrogens (tertiary/aromatic N) is 4. The highest BCUT2D eigenvalue weighted by Gasteiger charge is 2.35. The van der Waals surface area contributed by atoms with Crippen molar-refractivity contribution in [2.45, 2.75) is 26.4 Å². The number of amides is 2. The van der Waals surface area contributed by atoms with Crippen LogP contribution in [0.5, 0.6) is 0 Å². The first kappa shape index (κ1) is 23.2. The first-order valence-electron chi connectivity index (χ1n) is 11.0. The quantitative estimate of drug-likeness (QED) is 0.384. The van der Waals surface area contributed by atoms with Gasteiger partial charge in [0, 0.05) is 19.3 Å². The monoisotopic (exact) mass is 461 g/mol. The lowest BCUT2D eigenvalue weighted by Crippen LogP contribution is -2.46. The van der Waals surface area contributed by atoms with Crippen LogP contribution < -0.4 is 10.2 Å². The molecule has 1 atom stereocenters. The summed E-state index contributed by atoms with van der Waals surface area (Å²) >= 11 is 0. The molecule has 2 aromatic heterocycles. The lowest BCUT2D eigenvalue weighted by molar-refractivity contribution is -0.127. The van der Waals surface area contributed by atoms with Crippen LogP contribution in [0.1, 0.15) is 22.9 Å². The number of para-hydroxylation sites is 1. The zero-order chi connectivity index (χ0) is 24.1. The summed E-state index contributed by atoms with van der Waals surface area (Å²) in [7, 11) is 1.56. The van der Waals surface area contributed by atoms with E-state index in [9.17, 15) is 9.59 Å². The Morgan fingerprint density at radius 2 is 1.97 bits per heavy atom. The van der Waals surface area contributed by atoms with E-state index in [4.69, 9.17) is 9.15 Å². The third-order valence-corrected chi connectivity index (χ3v) is 5.51. The maximum atomic E-state index is 13.9. The number of fused-ring (bicyclic) bond motifs is 1. The van der Waals surface area contributed by atoms with Crippen molar-refractivity contribution in [3.8, 4) is 0 Å². The van der Waals surface area contributed by atoms with E-state index in [2.05, 4.69) is 15.6 Å². The molecule has 0 radical (unpaired) electrons. The molecule has 0 saturated heterocycles. The summed E-state index contributed by atoms with van der Waals surface area (Å²) in [4.78, 5) is 28.7. The predicted octanol–water partition coefficient (Wildman–Crippen LogP) is 3.18. The number of hydrogen-bond donors (Lipinski definition) is 1. The molecule has 2 heterocycles. The van der Waals surface area contributed by atoms with Gasteiger partial charge in [-0.2, -0.15) is 0 Å². The van der Waals surface area contributed by atoms with Gasteiger partial charge in [-0.25, -0.2) is 4.68 Å². The molecule has 34 heavy (non-hydrogen) atoms. The minimum atomic E-state index is -1.02. The topological polar surface area (TPSA) is 102 Å². The number of aromatic nitrogens is 3. The Hall–Kier alpha value is -3.98. The van der Waals surface area contributed by atoms with Gasteiger partial charge in [0.2, 0.25) is 5.91 Å². The number of rotatable bonds is 9. The van der Waals surface area contributed by atoms with Crippen LogP contribution in [0.3, 0.4) is 0 Å². The van der Waals surface area contributed by atoms with E-state index in [1.165, 1.54) is 15.8 Å². The van der Waals surface area contributed by atoms with E-state index >= 15 is 0 Å². The fourth-order valence-electron chi connectivity index (χ4n) is 3.93. The molecule has 0 aliphatic rings. The van der Waals surface area contributed by atoms with Crippen molar-refractivity contribution in [1.29, 1.82) is 0 Å². The lowest BCUT2D eigenvalue weighted by atomic mass is 10.1. The molecule has 2 amide bonds.